The number of thiophene rings is 1. The van der Waals surface area contributed by atoms with Gasteiger partial charge in [-0.3, -0.25) is 4.79 Å². The van der Waals surface area contributed by atoms with Gasteiger partial charge in [0.05, 0.1) is 4.88 Å². The number of ketones is 1. The van der Waals surface area contributed by atoms with Crippen LogP contribution in [0.3, 0.4) is 0 Å². The predicted octanol–water partition coefficient (Wildman–Crippen LogP) is 3.92. The van der Waals surface area contributed by atoms with Crippen molar-refractivity contribution in [2.75, 3.05) is 0 Å². The molecule has 92 valence electrons. The molecular formula is C15H13FOS. The van der Waals surface area contributed by atoms with Gasteiger partial charge in [-0.1, -0.05) is 0 Å². The Kier molecular flexibility index (Phi) is 2.78. The van der Waals surface area contributed by atoms with Crippen LogP contribution in [0.5, 0.6) is 0 Å². The Morgan fingerprint density at radius 2 is 2.11 bits per heavy atom. The maximum Gasteiger partial charge on any atom is 0.202 e. The summed E-state index contributed by atoms with van der Waals surface area (Å²) in [6.45, 7) is 1.68. The van der Waals surface area contributed by atoms with E-state index in [4.69, 9.17) is 0 Å². The van der Waals surface area contributed by atoms with Crippen LogP contribution in [0.15, 0.2) is 24.3 Å². The summed E-state index contributed by atoms with van der Waals surface area (Å²) < 4.78 is 13.2. The number of halogens is 1. The molecule has 0 amide bonds. The van der Waals surface area contributed by atoms with Crippen LogP contribution in [-0.4, -0.2) is 5.78 Å². The van der Waals surface area contributed by atoms with Gasteiger partial charge >= 0.3 is 0 Å². The number of fused-ring (bicyclic) bond motifs is 1. The molecule has 1 nitrogen and oxygen atoms in total. The predicted molar refractivity (Wildman–Crippen MR) is 70.9 cm³/mol. The van der Waals surface area contributed by atoms with Gasteiger partial charge in [0, 0.05) is 10.4 Å². The van der Waals surface area contributed by atoms with Gasteiger partial charge in [-0.2, -0.15) is 0 Å². The monoisotopic (exact) mass is 260 g/mol. The smallest absolute Gasteiger partial charge is 0.202 e. The van der Waals surface area contributed by atoms with Crippen molar-refractivity contribution in [1.82, 2.24) is 0 Å². The van der Waals surface area contributed by atoms with Crippen LogP contribution in [0.25, 0.3) is 0 Å². The van der Waals surface area contributed by atoms with Crippen molar-refractivity contribution >= 4 is 17.1 Å². The molecule has 1 heterocycles. The molecule has 2 aromatic rings. The fraction of sp³-hybridized carbons (Fsp3) is 0.267. The van der Waals surface area contributed by atoms with E-state index in [1.165, 1.54) is 22.9 Å². The SMILES string of the molecule is Cc1cc(C(=O)c2cc3c(s2)CCC3)ccc1F. The van der Waals surface area contributed by atoms with Crippen molar-refractivity contribution in [3.8, 4) is 0 Å². The lowest BCUT2D eigenvalue weighted by Gasteiger charge is -2.01. The molecule has 3 rings (SSSR count). The van der Waals surface area contributed by atoms with E-state index >= 15 is 0 Å². The molecule has 1 aromatic carbocycles. The van der Waals surface area contributed by atoms with Crippen molar-refractivity contribution in [1.29, 1.82) is 0 Å². The van der Waals surface area contributed by atoms with Crippen LogP contribution in [0.1, 0.15) is 37.7 Å². The fourth-order valence-corrected chi connectivity index (χ4v) is 3.58. The third-order valence-corrected chi connectivity index (χ3v) is 4.63. The zero-order chi connectivity index (χ0) is 12.7. The normalized spacial score (nSPS) is 13.7. The molecule has 0 spiro atoms. The fourth-order valence-electron chi connectivity index (χ4n) is 2.37. The molecule has 0 bridgehead atoms. The summed E-state index contributed by atoms with van der Waals surface area (Å²) in [6.07, 6.45) is 3.38. The van der Waals surface area contributed by atoms with Gasteiger partial charge < -0.3 is 0 Å². The van der Waals surface area contributed by atoms with Crippen molar-refractivity contribution in [2.24, 2.45) is 0 Å². The summed E-state index contributed by atoms with van der Waals surface area (Å²) in [5.41, 5.74) is 2.42. The average Bonchev–Trinajstić information content (AvgIpc) is 2.92. The maximum atomic E-state index is 13.2. The minimum Gasteiger partial charge on any atom is -0.288 e. The van der Waals surface area contributed by atoms with Gasteiger partial charge in [0.1, 0.15) is 5.82 Å². The van der Waals surface area contributed by atoms with Crippen molar-refractivity contribution in [3.63, 3.8) is 0 Å². The molecule has 3 heteroatoms. The second kappa shape index (κ2) is 4.32. The standard InChI is InChI=1S/C15H13FOS/c1-9-7-11(5-6-12(9)16)15(17)14-8-10-3-2-4-13(10)18-14/h5-8H,2-4H2,1H3. The van der Waals surface area contributed by atoms with E-state index in [0.29, 0.717) is 11.1 Å². The van der Waals surface area contributed by atoms with Crippen LogP contribution in [0.2, 0.25) is 0 Å². The summed E-state index contributed by atoms with van der Waals surface area (Å²) in [5, 5.41) is 0. The van der Waals surface area contributed by atoms with E-state index in [9.17, 15) is 9.18 Å². The Hall–Kier alpha value is -1.48. The first-order valence-electron chi connectivity index (χ1n) is 6.07. The van der Waals surface area contributed by atoms with E-state index < -0.39 is 0 Å². The molecule has 0 saturated heterocycles. The summed E-state index contributed by atoms with van der Waals surface area (Å²) in [6, 6.07) is 6.57. The zero-order valence-electron chi connectivity index (χ0n) is 10.1. The lowest BCUT2D eigenvalue weighted by Crippen LogP contribution is -2.00. The second-order valence-corrected chi connectivity index (χ2v) is 5.84. The molecule has 18 heavy (non-hydrogen) atoms. The Balaban J connectivity index is 1.95. The van der Waals surface area contributed by atoms with Crippen LogP contribution in [-0.2, 0) is 12.8 Å². The van der Waals surface area contributed by atoms with Crippen LogP contribution in [0, 0.1) is 12.7 Å². The minimum atomic E-state index is -0.264. The highest BCUT2D eigenvalue weighted by Crippen LogP contribution is 2.31. The van der Waals surface area contributed by atoms with Gasteiger partial charge in [0.25, 0.3) is 0 Å². The maximum absolute atomic E-state index is 13.2. The molecule has 1 aliphatic rings. The molecule has 0 radical (unpaired) electrons. The molecule has 0 saturated carbocycles. The first-order valence-corrected chi connectivity index (χ1v) is 6.89. The Morgan fingerprint density at radius 3 is 2.83 bits per heavy atom. The molecular weight excluding hydrogens is 247 g/mol. The van der Waals surface area contributed by atoms with Crippen LogP contribution < -0.4 is 0 Å². The molecule has 1 aromatic heterocycles. The first-order chi connectivity index (χ1) is 8.65. The van der Waals surface area contributed by atoms with Crippen LogP contribution in [0.4, 0.5) is 4.39 Å². The Labute approximate surface area is 109 Å². The Morgan fingerprint density at radius 1 is 1.28 bits per heavy atom. The topological polar surface area (TPSA) is 17.1 Å². The van der Waals surface area contributed by atoms with Crippen molar-refractivity contribution in [3.05, 3.63) is 56.5 Å². The van der Waals surface area contributed by atoms with E-state index in [0.717, 1.165) is 17.7 Å². The number of hydrogen-bond donors (Lipinski definition) is 0. The van der Waals surface area contributed by atoms with Gasteiger partial charge in [-0.05, 0) is 61.6 Å². The summed E-state index contributed by atoms with van der Waals surface area (Å²) >= 11 is 1.59. The number of aryl methyl sites for hydroxylation is 3. The lowest BCUT2D eigenvalue weighted by atomic mass is 10.1. The largest absolute Gasteiger partial charge is 0.288 e. The number of carbonyl (C=O) groups excluding carboxylic acids is 1. The number of benzene rings is 1. The lowest BCUT2D eigenvalue weighted by molar-refractivity contribution is 0.104. The second-order valence-electron chi connectivity index (χ2n) is 4.71. The molecule has 0 aliphatic heterocycles. The highest BCUT2D eigenvalue weighted by molar-refractivity contribution is 7.14. The summed E-state index contributed by atoms with van der Waals surface area (Å²) in [5.74, 6) is -0.252. The third kappa shape index (κ3) is 1.89. The first kappa shape index (κ1) is 11.6. The van der Waals surface area contributed by atoms with Crippen molar-refractivity contribution < 1.29 is 9.18 Å². The van der Waals surface area contributed by atoms with Crippen LogP contribution >= 0.6 is 11.3 Å². The van der Waals surface area contributed by atoms with Gasteiger partial charge in [-0.25, -0.2) is 4.39 Å². The van der Waals surface area contributed by atoms with E-state index in [1.807, 2.05) is 6.07 Å². The third-order valence-electron chi connectivity index (χ3n) is 3.39. The number of rotatable bonds is 2. The molecule has 1 aliphatic carbocycles. The Bertz CT molecular complexity index is 606. The number of carbonyl (C=O) groups is 1. The van der Waals surface area contributed by atoms with E-state index in [2.05, 4.69) is 0 Å². The van der Waals surface area contributed by atoms with Gasteiger partial charge in [0.15, 0.2) is 0 Å². The van der Waals surface area contributed by atoms with E-state index in [-0.39, 0.29) is 11.6 Å². The molecule has 0 unspecified atom stereocenters. The molecule has 0 atom stereocenters. The highest BCUT2D eigenvalue weighted by Gasteiger charge is 2.19. The average molecular weight is 260 g/mol. The van der Waals surface area contributed by atoms with Gasteiger partial charge in [0.2, 0.25) is 5.78 Å². The zero-order valence-corrected chi connectivity index (χ0v) is 10.9. The molecule has 0 fully saturated rings. The summed E-state index contributed by atoms with van der Waals surface area (Å²) in [7, 11) is 0. The van der Waals surface area contributed by atoms with Crippen molar-refractivity contribution in [2.45, 2.75) is 26.2 Å². The van der Waals surface area contributed by atoms with E-state index in [1.54, 1.807) is 30.4 Å². The quantitative estimate of drug-likeness (QED) is 0.748. The van der Waals surface area contributed by atoms with Gasteiger partial charge in [-0.15, -0.1) is 11.3 Å². The summed E-state index contributed by atoms with van der Waals surface area (Å²) in [4.78, 5) is 14.4. The molecule has 0 N–H and O–H groups in total. The minimum absolute atomic E-state index is 0.0116. The highest BCUT2D eigenvalue weighted by atomic mass is 32.1. The number of hydrogen-bond acceptors (Lipinski definition) is 2.